The maximum absolute atomic E-state index is 12.5. The van der Waals surface area contributed by atoms with Gasteiger partial charge in [0.1, 0.15) is 0 Å². The zero-order chi connectivity index (χ0) is 20.6. The van der Waals surface area contributed by atoms with Crippen molar-refractivity contribution >= 4 is 30.1 Å². The number of rotatable bonds is 9. The van der Waals surface area contributed by atoms with Gasteiger partial charge < -0.3 is 15.4 Å². The smallest absolute Gasteiger partial charge is 0.426 e. The van der Waals surface area contributed by atoms with E-state index in [4.69, 9.17) is 0 Å². The van der Waals surface area contributed by atoms with Crippen LogP contribution in [0, 0.1) is 0 Å². The molecule has 0 bridgehead atoms. The van der Waals surface area contributed by atoms with Crippen LogP contribution in [-0.2, 0) is 11.2 Å². The number of benzene rings is 2. The molecule has 2 aromatic carbocycles. The van der Waals surface area contributed by atoms with E-state index in [-0.39, 0.29) is 24.5 Å². The molecule has 3 aromatic rings. The van der Waals surface area contributed by atoms with E-state index in [1.807, 2.05) is 65.4 Å². The van der Waals surface area contributed by atoms with Crippen molar-refractivity contribution in [3.8, 4) is 11.1 Å². The van der Waals surface area contributed by atoms with Gasteiger partial charge in [0.05, 0.1) is 5.94 Å². The molecule has 1 heterocycles. The predicted molar refractivity (Wildman–Crippen MR) is 116 cm³/mol. The summed E-state index contributed by atoms with van der Waals surface area (Å²) >= 11 is 1.50. The Labute approximate surface area is 174 Å². The first-order chi connectivity index (χ1) is 14.0. The van der Waals surface area contributed by atoms with Gasteiger partial charge in [-0.25, -0.2) is 0 Å². The lowest BCUT2D eigenvalue weighted by Gasteiger charge is -2.17. The van der Waals surface area contributed by atoms with Crippen molar-refractivity contribution < 1.29 is 19.6 Å². The van der Waals surface area contributed by atoms with Crippen molar-refractivity contribution in [1.82, 2.24) is 5.32 Å². The largest absolute Gasteiger partial charge is 0.475 e. The summed E-state index contributed by atoms with van der Waals surface area (Å²) in [5, 5.41) is 25.5. The summed E-state index contributed by atoms with van der Waals surface area (Å²) < 4.78 is 0. The Hall–Kier alpha value is -2.74. The fourth-order valence-electron chi connectivity index (χ4n) is 3.05. The molecule has 3 rings (SSSR count). The van der Waals surface area contributed by atoms with E-state index in [0.717, 1.165) is 16.7 Å². The highest BCUT2D eigenvalue weighted by atomic mass is 32.1. The van der Waals surface area contributed by atoms with Crippen LogP contribution in [0.5, 0.6) is 0 Å². The van der Waals surface area contributed by atoms with E-state index in [1.165, 1.54) is 11.3 Å². The third-order valence-corrected chi connectivity index (χ3v) is 5.34. The molecule has 1 amide bonds. The highest BCUT2D eigenvalue weighted by molar-refractivity contribution is 7.07. The fraction of sp³-hybridized carbons (Fsp3) is 0.182. The van der Waals surface area contributed by atoms with Crippen LogP contribution in [0.4, 0.5) is 0 Å². The molecule has 1 unspecified atom stereocenters. The normalized spacial score (nSPS) is 11.7. The fourth-order valence-corrected chi connectivity index (χ4v) is 3.73. The van der Waals surface area contributed by atoms with Gasteiger partial charge in [-0.05, 0) is 46.0 Å². The van der Waals surface area contributed by atoms with E-state index in [2.05, 4.69) is 5.32 Å². The molecule has 1 atom stereocenters. The summed E-state index contributed by atoms with van der Waals surface area (Å²) in [7, 11) is -1.67. The first kappa shape index (κ1) is 21.0. The molecule has 0 saturated heterocycles. The van der Waals surface area contributed by atoms with Crippen LogP contribution in [-0.4, -0.2) is 34.8 Å². The SMILES string of the molecule is O=C(CCC(=O)c1cccc(-c2ccccc2)c1)NC(Cc1ccsc1)B(O)O. The molecule has 0 aliphatic rings. The minimum atomic E-state index is -1.67. The molecule has 3 N–H and O–H groups in total. The van der Waals surface area contributed by atoms with Crippen molar-refractivity contribution in [2.75, 3.05) is 0 Å². The summed E-state index contributed by atoms with van der Waals surface area (Å²) in [5.74, 6) is -1.32. The third-order valence-electron chi connectivity index (χ3n) is 4.61. The maximum atomic E-state index is 12.5. The van der Waals surface area contributed by atoms with Crippen molar-refractivity contribution in [1.29, 1.82) is 0 Å². The first-order valence-corrected chi connectivity index (χ1v) is 10.3. The third kappa shape index (κ3) is 6.12. The van der Waals surface area contributed by atoms with E-state index >= 15 is 0 Å². The molecule has 0 saturated carbocycles. The minimum Gasteiger partial charge on any atom is -0.426 e. The standard InChI is InChI=1S/C22H22BNO4S/c25-20(19-8-4-7-18(14-19)17-5-2-1-3-6-17)9-10-22(26)24-21(23(27)28)13-16-11-12-29-15-16/h1-8,11-12,14-15,21,27-28H,9-10,13H2,(H,24,26). The molecule has 7 heteroatoms. The quantitative estimate of drug-likeness (QED) is 0.376. The Morgan fingerprint density at radius 3 is 2.41 bits per heavy atom. The molecule has 0 aliphatic carbocycles. The van der Waals surface area contributed by atoms with Crippen LogP contribution in [0.1, 0.15) is 28.8 Å². The van der Waals surface area contributed by atoms with Crippen LogP contribution in [0.15, 0.2) is 71.4 Å². The van der Waals surface area contributed by atoms with Gasteiger partial charge in [0, 0.05) is 18.4 Å². The maximum Gasteiger partial charge on any atom is 0.475 e. The number of ketones is 1. The highest BCUT2D eigenvalue weighted by Gasteiger charge is 2.25. The Morgan fingerprint density at radius 1 is 0.966 bits per heavy atom. The second kappa shape index (κ2) is 10.2. The molecule has 148 valence electrons. The molecule has 0 spiro atoms. The van der Waals surface area contributed by atoms with Crippen LogP contribution in [0.2, 0.25) is 0 Å². The lowest BCUT2D eigenvalue weighted by molar-refractivity contribution is -0.121. The van der Waals surface area contributed by atoms with Crippen LogP contribution >= 0.6 is 11.3 Å². The van der Waals surface area contributed by atoms with Crippen molar-refractivity contribution in [2.24, 2.45) is 0 Å². The van der Waals surface area contributed by atoms with Crippen molar-refractivity contribution in [3.63, 3.8) is 0 Å². The predicted octanol–water partition coefficient (Wildman–Crippen LogP) is 3.12. The highest BCUT2D eigenvalue weighted by Crippen LogP contribution is 2.21. The summed E-state index contributed by atoms with van der Waals surface area (Å²) in [4.78, 5) is 24.8. The number of hydrogen-bond acceptors (Lipinski definition) is 5. The molecular weight excluding hydrogens is 385 g/mol. The molecular formula is C22H22BNO4S. The first-order valence-electron chi connectivity index (χ1n) is 9.38. The van der Waals surface area contributed by atoms with E-state index in [0.29, 0.717) is 12.0 Å². The lowest BCUT2D eigenvalue weighted by Crippen LogP contribution is -2.47. The van der Waals surface area contributed by atoms with Gasteiger partial charge in [-0.3, -0.25) is 9.59 Å². The summed E-state index contributed by atoms with van der Waals surface area (Å²) in [6.07, 6.45) is 0.359. The molecule has 0 aliphatic heterocycles. The average Bonchev–Trinajstić information content (AvgIpc) is 3.25. The number of Topliss-reactive ketones (excluding diaryl/α,β-unsaturated/α-hetero) is 1. The molecule has 1 aromatic heterocycles. The molecule has 5 nitrogen and oxygen atoms in total. The molecule has 0 radical (unpaired) electrons. The number of carbonyl (C=O) groups is 2. The topological polar surface area (TPSA) is 86.6 Å². The molecule has 0 fully saturated rings. The van der Waals surface area contributed by atoms with Crippen LogP contribution in [0.25, 0.3) is 11.1 Å². The number of hydrogen-bond donors (Lipinski definition) is 3. The van der Waals surface area contributed by atoms with E-state index in [1.54, 1.807) is 6.07 Å². The van der Waals surface area contributed by atoms with E-state index < -0.39 is 13.1 Å². The second-order valence-electron chi connectivity index (χ2n) is 6.79. The van der Waals surface area contributed by atoms with Gasteiger partial charge in [-0.1, -0.05) is 48.5 Å². The van der Waals surface area contributed by atoms with Gasteiger partial charge in [0.25, 0.3) is 0 Å². The van der Waals surface area contributed by atoms with Crippen molar-refractivity contribution in [2.45, 2.75) is 25.2 Å². The summed E-state index contributed by atoms with van der Waals surface area (Å²) in [6, 6.07) is 19.0. The Morgan fingerprint density at radius 2 is 1.72 bits per heavy atom. The van der Waals surface area contributed by atoms with Crippen molar-refractivity contribution in [3.05, 3.63) is 82.6 Å². The number of carbonyl (C=O) groups excluding carboxylic acids is 2. The molecule has 29 heavy (non-hydrogen) atoms. The van der Waals surface area contributed by atoms with Crippen LogP contribution < -0.4 is 5.32 Å². The zero-order valence-electron chi connectivity index (χ0n) is 15.8. The van der Waals surface area contributed by atoms with Gasteiger partial charge >= 0.3 is 7.12 Å². The van der Waals surface area contributed by atoms with E-state index in [9.17, 15) is 19.6 Å². The summed E-state index contributed by atoms with van der Waals surface area (Å²) in [5.41, 5.74) is 3.44. The number of nitrogens with one attached hydrogen (secondary N) is 1. The average molecular weight is 407 g/mol. The second-order valence-corrected chi connectivity index (χ2v) is 7.57. The Bertz CT molecular complexity index is 944. The van der Waals surface area contributed by atoms with Gasteiger partial charge in [-0.15, -0.1) is 0 Å². The Kier molecular flexibility index (Phi) is 7.35. The van der Waals surface area contributed by atoms with Gasteiger partial charge in [-0.2, -0.15) is 11.3 Å². The minimum absolute atomic E-state index is 0.0126. The zero-order valence-corrected chi connectivity index (χ0v) is 16.6. The number of thiophene rings is 1. The number of amides is 1. The summed E-state index contributed by atoms with van der Waals surface area (Å²) in [6.45, 7) is 0. The van der Waals surface area contributed by atoms with Gasteiger partial charge in [0.2, 0.25) is 5.91 Å². The van der Waals surface area contributed by atoms with Gasteiger partial charge in [0.15, 0.2) is 5.78 Å². The van der Waals surface area contributed by atoms with Crippen LogP contribution in [0.3, 0.4) is 0 Å². The monoisotopic (exact) mass is 407 g/mol. The lowest BCUT2D eigenvalue weighted by atomic mass is 9.76. The Balaban J connectivity index is 1.56.